The smallest absolute Gasteiger partial charge is 0.216 e. The molecule has 0 aliphatic rings. The molecule has 0 radical (unpaired) electrons. The lowest BCUT2D eigenvalue weighted by atomic mass is 10.2. The van der Waals surface area contributed by atoms with Crippen LogP contribution in [0.5, 0.6) is 0 Å². The van der Waals surface area contributed by atoms with E-state index < -0.39 is 14.8 Å². The summed E-state index contributed by atoms with van der Waals surface area (Å²) in [6.45, 7) is 8.60. The van der Waals surface area contributed by atoms with Crippen LogP contribution in [0.25, 0.3) is 0 Å². The zero-order valence-corrected chi connectivity index (χ0v) is 15.0. The maximum atomic E-state index is 11.8. The molecule has 21 heavy (non-hydrogen) atoms. The Morgan fingerprint density at radius 3 is 2.43 bits per heavy atom. The van der Waals surface area contributed by atoms with Crippen LogP contribution >= 0.6 is 11.3 Å². The number of aromatic nitrogens is 1. The normalized spacial score (nSPS) is 12.6. The summed E-state index contributed by atoms with van der Waals surface area (Å²) in [4.78, 5) is 4.44. The first-order valence-electron chi connectivity index (χ1n) is 7.44. The van der Waals surface area contributed by atoms with Crippen LogP contribution in [0, 0.1) is 0 Å². The second kappa shape index (κ2) is 8.10. The summed E-state index contributed by atoms with van der Waals surface area (Å²) in [7, 11) is -3.21. The van der Waals surface area contributed by atoms with Crippen LogP contribution in [0.15, 0.2) is 5.38 Å². The van der Waals surface area contributed by atoms with Gasteiger partial charge < -0.3 is 5.32 Å². The van der Waals surface area contributed by atoms with Gasteiger partial charge >= 0.3 is 0 Å². The highest BCUT2D eigenvalue weighted by molar-refractivity contribution is 7.90. The van der Waals surface area contributed by atoms with Crippen LogP contribution in [0.2, 0.25) is 0 Å². The molecule has 0 fully saturated rings. The molecule has 0 saturated carbocycles. The van der Waals surface area contributed by atoms with E-state index in [9.17, 15) is 8.42 Å². The van der Waals surface area contributed by atoms with Gasteiger partial charge in [0.2, 0.25) is 10.0 Å². The largest absolute Gasteiger partial charge is 0.362 e. The van der Waals surface area contributed by atoms with Gasteiger partial charge in [0, 0.05) is 18.5 Å². The van der Waals surface area contributed by atoms with Crippen molar-refractivity contribution in [3.8, 4) is 0 Å². The van der Waals surface area contributed by atoms with Crippen molar-refractivity contribution in [3.63, 3.8) is 0 Å². The SMILES string of the molecule is CCc1csc(NCCCCCNS(=O)(=O)C(C)(C)C)n1. The Hall–Kier alpha value is -0.660. The maximum Gasteiger partial charge on any atom is 0.216 e. The van der Waals surface area contributed by atoms with E-state index in [4.69, 9.17) is 0 Å². The van der Waals surface area contributed by atoms with Crippen molar-refractivity contribution in [1.82, 2.24) is 9.71 Å². The summed E-state index contributed by atoms with van der Waals surface area (Å²) in [6, 6.07) is 0. The third-order valence-corrected chi connectivity index (χ3v) is 6.19. The van der Waals surface area contributed by atoms with Crippen LogP contribution in [0.4, 0.5) is 5.13 Å². The Kier molecular flexibility index (Phi) is 7.09. The zero-order valence-electron chi connectivity index (χ0n) is 13.4. The molecular formula is C14H27N3O2S2. The molecule has 0 saturated heterocycles. The van der Waals surface area contributed by atoms with Gasteiger partial charge in [-0.1, -0.05) is 13.3 Å². The van der Waals surface area contributed by atoms with Crippen molar-refractivity contribution in [2.45, 2.75) is 58.1 Å². The van der Waals surface area contributed by atoms with Crippen LogP contribution in [-0.4, -0.2) is 31.2 Å². The number of nitrogens with zero attached hydrogens (tertiary/aromatic N) is 1. The van der Waals surface area contributed by atoms with Gasteiger partial charge in [0.1, 0.15) is 0 Å². The van der Waals surface area contributed by atoms with Gasteiger partial charge in [0.05, 0.1) is 10.4 Å². The van der Waals surface area contributed by atoms with Gasteiger partial charge in [0.15, 0.2) is 5.13 Å². The second-order valence-corrected chi connectivity index (χ2v) is 9.37. The summed E-state index contributed by atoms with van der Waals surface area (Å²) in [5, 5.41) is 6.35. The molecule has 1 aromatic heterocycles. The molecule has 0 unspecified atom stereocenters. The van der Waals surface area contributed by atoms with E-state index in [1.165, 1.54) is 0 Å². The highest BCUT2D eigenvalue weighted by atomic mass is 32.2. The lowest BCUT2D eigenvalue weighted by Gasteiger charge is -2.19. The molecular weight excluding hydrogens is 306 g/mol. The minimum Gasteiger partial charge on any atom is -0.362 e. The minimum absolute atomic E-state index is 0.511. The lowest BCUT2D eigenvalue weighted by molar-refractivity contribution is 0.540. The number of sulfonamides is 1. The van der Waals surface area contributed by atoms with Crippen molar-refractivity contribution >= 4 is 26.5 Å². The molecule has 1 heterocycles. The first kappa shape index (κ1) is 18.4. The van der Waals surface area contributed by atoms with E-state index >= 15 is 0 Å². The number of unbranched alkanes of at least 4 members (excludes halogenated alkanes) is 2. The van der Waals surface area contributed by atoms with Gasteiger partial charge in [-0.15, -0.1) is 11.3 Å². The van der Waals surface area contributed by atoms with Crippen molar-refractivity contribution < 1.29 is 8.42 Å². The number of aryl methyl sites for hydroxylation is 1. The molecule has 7 heteroatoms. The average molecular weight is 334 g/mol. The molecule has 0 amide bonds. The van der Waals surface area contributed by atoms with Gasteiger partial charge in [-0.2, -0.15) is 0 Å². The molecule has 122 valence electrons. The topological polar surface area (TPSA) is 71.1 Å². The fraction of sp³-hybridized carbons (Fsp3) is 0.786. The minimum atomic E-state index is -3.21. The van der Waals surface area contributed by atoms with Gasteiger partial charge in [-0.3, -0.25) is 0 Å². The molecule has 0 aliphatic heterocycles. The highest BCUT2D eigenvalue weighted by Crippen LogP contribution is 2.16. The molecule has 1 aromatic rings. The van der Waals surface area contributed by atoms with Crippen molar-refractivity contribution in [2.24, 2.45) is 0 Å². The van der Waals surface area contributed by atoms with Crippen LogP contribution < -0.4 is 10.0 Å². The van der Waals surface area contributed by atoms with Crippen LogP contribution in [0.3, 0.4) is 0 Å². The molecule has 5 nitrogen and oxygen atoms in total. The quantitative estimate of drug-likeness (QED) is 0.682. The molecule has 0 aromatic carbocycles. The number of hydrogen-bond donors (Lipinski definition) is 2. The average Bonchev–Trinajstić information content (AvgIpc) is 2.84. The number of nitrogens with one attached hydrogen (secondary N) is 2. The maximum absolute atomic E-state index is 11.8. The van der Waals surface area contributed by atoms with E-state index in [2.05, 4.69) is 27.3 Å². The van der Waals surface area contributed by atoms with Crippen molar-refractivity contribution in [2.75, 3.05) is 18.4 Å². The monoisotopic (exact) mass is 333 g/mol. The van der Waals surface area contributed by atoms with Crippen LogP contribution in [-0.2, 0) is 16.4 Å². The number of rotatable bonds is 9. The summed E-state index contributed by atoms with van der Waals surface area (Å²) in [5.74, 6) is 0. The summed E-state index contributed by atoms with van der Waals surface area (Å²) < 4.78 is 25.6. The first-order valence-corrected chi connectivity index (χ1v) is 9.80. The van der Waals surface area contributed by atoms with Gasteiger partial charge in [0.25, 0.3) is 0 Å². The fourth-order valence-electron chi connectivity index (χ4n) is 1.60. The lowest BCUT2D eigenvalue weighted by Crippen LogP contribution is -2.39. The third-order valence-electron chi connectivity index (χ3n) is 3.14. The second-order valence-electron chi connectivity index (χ2n) is 6.00. The number of anilines is 1. The van der Waals surface area contributed by atoms with E-state index in [0.29, 0.717) is 6.54 Å². The van der Waals surface area contributed by atoms with Gasteiger partial charge in [-0.05, 0) is 40.0 Å². The zero-order chi connectivity index (χ0) is 15.9. The Balaban J connectivity index is 2.10. The Morgan fingerprint density at radius 2 is 1.86 bits per heavy atom. The van der Waals surface area contributed by atoms with E-state index in [-0.39, 0.29) is 0 Å². The molecule has 2 N–H and O–H groups in total. The highest BCUT2D eigenvalue weighted by Gasteiger charge is 2.27. The Labute approximate surface area is 132 Å². The molecule has 0 bridgehead atoms. The van der Waals surface area contributed by atoms with E-state index in [1.807, 2.05) is 0 Å². The molecule has 0 aliphatic carbocycles. The van der Waals surface area contributed by atoms with E-state index in [1.54, 1.807) is 32.1 Å². The molecule has 0 spiro atoms. The van der Waals surface area contributed by atoms with Crippen molar-refractivity contribution in [1.29, 1.82) is 0 Å². The van der Waals surface area contributed by atoms with Crippen LogP contribution in [0.1, 0.15) is 52.7 Å². The predicted octanol–water partition coefficient (Wildman–Crippen LogP) is 3.01. The molecule has 1 rings (SSSR count). The summed E-state index contributed by atoms with van der Waals surface area (Å²) in [6.07, 6.45) is 3.82. The molecule has 0 atom stereocenters. The Bertz CT molecular complexity index is 519. The Morgan fingerprint density at radius 1 is 1.19 bits per heavy atom. The van der Waals surface area contributed by atoms with Gasteiger partial charge in [-0.25, -0.2) is 18.1 Å². The standard InChI is InChI=1S/C14H27N3O2S2/c1-5-12-11-20-13(17-12)15-9-7-6-8-10-16-21(18,19)14(2,3)4/h11,16H,5-10H2,1-4H3,(H,15,17). The fourth-order valence-corrected chi connectivity index (χ4v) is 3.26. The summed E-state index contributed by atoms with van der Waals surface area (Å²) in [5.41, 5.74) is 1.12. The van der Waals surface area contributed by atoms with E-state index in [0.717, 1.165) is 43.1 Å². The summed E-state index contributed by atoms with van der Waals surface area (Å²) >= 11 is 1.63. The number of thiazole rings is 1. The number of hydrogen-bond acceptors (Lipinski definition) is 5. The van der Waals surface area contributed by atoms with Crippen molar-refractivity contribution in [3.05, 3.63) is 11.1 Å². The third kappa shape index (κ3) is 6.32. The first-order chi connectivity index (χ1) is 9.76. The predicted molar refractivity (Wildman–Crippen MR) is 90.5 cm³/mol.